The third-order valence-corrected chi connectivity index (χ3v) is 2.77. The minimum Gasteiger partial charge on any atom is -0.464 e. The molecule has 4 heteroatoms. The first kappa shape index (κ1) is 15.9. The summed E-state index contributed by atoms with van der Waals surface area (Å²) in [4.78, 5) is 23.2. The largest absolute Gasteiger partial charge is 0.464 e. The smallest absolute Gasteiger partial charge is 0.328 e. The number of unbranched alkanes of at least 4 members (excludes halogenated alkanes) is 1. The van der Waals surface area contributed by atoms with Crippen molar-refractivity contribution in [1.82, 2.24) is 5.32 Å². The maximum atomic E-state index is 11.9. The molecule has 0 bridgehead atoms. The van der Waals surface area contributed by atoms with Crippen LogP contribution in [0.4, 0.5) is 0 Å². The molecule has 0 saturated carbocycles. The summed E-state index contributed by atoms with van der Waals surface area (Å²) in [7, 11) is 0. The van der Waals surface area contributed by atoms with Crippen molar-refractivity contribution in [2.75, 3.05) is 6.61 Å². The first-order valence-corrected chi connectivity index (χ1v) is 6.53. The van der Waals surface area contributed by atoms with Crippen LogP contribution in [0.25, 0.3) is 0 Å². The highest BCUT2D eigenvalue weighted by Gasteiger charge is 2.21. The van der Waals surface area contributed by atoms with Gasteiger partial charge >= 0.3 is 5.97 Å². The van der Waals surface area contributed by atoms with Crippen LogP contribution >= 0.6 is 0 Å². The Morgan fingerprint density at radius 2 is 1.88 bits per heavy atom. The van der Waals surface area contributed by atoms with Gasteiger partial charge in [0.2, 0.25) is 5.91 Å². The summed E-state index contributed by atoms with van der Waals surface area (Å²) in [6.07, 6.45) is 3.81. The van der Waals surface area contributed by atoms with Crippen LogP contribution in [0, 0.1) is 5.92 Å². The maximum Gasteiger partial charge on any atom is 0.328 e. The monoisotopic (exact) mass is 243 g/mol. The van der Waals surface area contributed by atoms with E-state index in [0.717, 1.165) is 25.7 Å². The van der Waals surface area contributed by atoms with Gasteiger partial charge in [-0.25, -0.2) is 4.79 Å². The minimum atomic E-state index is -0.557. The number of carbonyl (C=O) groups excluding carboxylic acids is 2. The third-order valence-electron chi connectivity index (χ3n) is 2.77. The molecule has 4 nitrogen and oxygen atoms in total. The molecular formula is C13H25NO3. The summed E-state index contributed by atoms with van der Waals surface area (Å²) in [5.41, 5.74) is 0. The van der Waals surface area contributed by atoms with Gasteiger partial charge in [0.25, 0.3) is 0 Å². The summed E-state index contributed by atoms with van der Waals surface area (Å²) < 4.78 is 4.85. The second-order valence-corrected chi connectivity index (χ2v) is 4.23. The summed E-state index contributed by atoms with van der Waals surface area (Å²) in [6, 6.07) is -0.557. The van der Waals surface area contributed by atoms with Gasteiger partial charge in [-0.15, -0.1) is 0 Å². The van der Waals surface area contributed by atoms with Crippen LogP contribution in [-0.2, 0) is 14.3 Å². The minimum absolute atomic E-state index is 0.00632. The van der Waals surface area contributed by atoms with Gasteiger partial charge in [0.05, 0.1) is 6.61 Å². The molecule has 0 aromatic rings. The Bertz CT molecular complexity index is 241. The van der Waals surface area contributed by atoms with Gasteiger partial charge in [0.1, 0.15) is 6.04 Å². The van der Waals surface area contributed by atoms with E-state index in [2.05, 4.69) is 12.2 Å². The molecule has 0 aliphatic carbocycles. The zero-order chi connectivity index (χ0) is 13.3. The predicted octanol–water partition coefficient (Wildman–Crippen LogP) is 2.27. The highest BCUT2D eigenvalue weighted by atomic mass is 16.5. The van der Waals surface area contributed by atoms with Crippen molar-refractivity contribution in [3.05, 3.63) is 0 Å². The molecule has 0 radical (unpaired) electrons. The average Bonchev–Trinajstić information content (AvgIpc) is 2.30. The van der Waals surface area contributed by atoms with Crippen LogP contribution in [0.15, 0.2) is 0 Å². The fourth-order valence-electron chi connectivity index (χ4n) is 1.63. The van der Waals surface area contributed by atoms with Crippen LogP contribution < -0.4 is 5.32 Å². The number of nitrogens with one attached hydrogen (secondary N) is 1. The van der Waals surface area contributed by atoms with E-state index in [-0.39, 0.29) is 17.8 Å². The first-order chi connectivity index (χ1) is 8.06. The quantitative estimate of drug-likeness (QED) is 0.665. The van der Waals surface area contributed by atoms with E-state index in [0.29, 0.717) is 6.61 Å². The second-order valence-electron chi connectivity index (χ2n) is 4.23. The molecule has 0 spiro atoms. The SMILES string of the molecule is CCCCC(CC)C(=O)NC(C)C(=O)OCC. The topological polar surface area (TPSA) is 55.4 Å². The van der Waals surface area contributed by atoms with E-state index in [1.807, 2.05) is 6.92 Å². The highest BCUT2D eigenvalue weighted by Crippen LogP contribution is 2.12. The molecule has 2 atom stereocenters. The van der Waals surface area contributed by atoms with Crippen molar-refractivity contribution < 1.29 is 14.3 Å². The molecule has 0 aliphatic heterocycles. The van der Waals surface area contributed by atoms with E-state index in [1.165, 1.54) is 0 Å². The van der Waals surface area contributed by atoms with Gasteiger partial charge in [-0.3, -0.25) is 4.79 Å². The maximum absolute atomic E-state index is 11.9. The van der Waals surface area contributed by atoms with E-state index in [9.17, 15) is 9.59 Å². The van der Waals surface area contributed by atoms with Crippen molar-refractivity contribution in [2.45, 2.75) is 59.4 Å². The van der Waals surface area contributed by atoms with Crippen LogP contribution in [0.2, 0.25) is 0 Å². The summed E-state index contributed by atoms with van der Waals surface area (Å²) >= 11 is 0. The van der Waals surface area contributed by atoms with Crippen LogP contribution in [-0.4, -0.2) is 24.5 Å². The van der Waals surface area contributed by atoms with Crippen molar-refractivity contribution in [3.63, 3.8) is 0 Å². The normalized spacial score (nSPS) is 13.9. The van der Waals surface area contributed by atoms with Gasteiger partial charge in [0, 0.05) is 5.92 Å². The molecule has 1 amide bonds. The lowest BCUT2D eigenvalue weighted by Gasteiger charge is -2.18. The molecule has 0 rings (SSSR count). The lowest BCUT2D eigenvalue weighted by atomic mass is 9.98. The molecular weight excluding hydrogens is 218 g/mol. The van der Waals surface area contributed by atoms with Gasteiger partial charge in [0.15, 0.2) is 0 Å². The van der Waals surface area contributed by atoms with Gasteiger partial charge in [-0.1, -0.05) is 26.7 Å². The van der Waals surface area contributed by atoms with Crippen molar-refractivity contribution in [1.29, 1.82) is 0 Å². The molecule has 2 unspecified atom stereocenters. The number of hydrogen-bond acceptors (Lipinski definition) is 3. The fraction of sp³-hybridized carbons (Fsp3) is 0.846. The Balaban J connectivity index is 4.15. The van der Waals surface area contributed by atoms with E-state index < -0.39 is 6.04 Å². The first-order valence-electron chi connectivity index (χ1n) is 6.53. The van der Waals surface area contributed by atoms with Crippen LogP contribution in [0.5, 0.6) is 0 Å². The summed E-state index contributed by atoms with van der Waals surface area (Å²) in [5.74, 6) is -0.403. The fourth-order valence-corrected chi connectivity index (χ4v) is 1.63. The zero-order valence-electron chi connectivity index (χ0n) is 11.4. The number of rotatable bonds is 8. The number of hydrogen-bond donors (Lipinski definition) is 1. The van der Waals surface area contributed by atoms with Crippen molar-refractivity contribution in [3.8, 4) is 0 Å². The predicted molar refractivity (Wildman–Crippen MR) is 67.5 cm³/mol. The van der Waals surface area contributed by atoms with Gasteiger partial charge in [-0.2, -0.15) is 0 Å². The van der Waals surface area contributed by atoms with E-state index in [1.54, 1.807) is 13.8 Å². The van der Waals surface area contributed by atoms with E-state index in [4.69, 9.17) is 4.74 Å². The number of amides is 1. The van der Waals surface area contributed by atoms with Gasteiger partial charge < -0.3 is 10.1 Å². The number of ether oxygens (including phenoxy) is 1. The highest BCUT2D eigenvalue weighted by molar-refractivity contribution is 5.85. The Morgan fingerprint density at radius 3 is 2.35 bits per heavy atom. The molecule has 0 heterocycles. The molecule has 0 aromatic heterocycles. The average molecular weight is 243 g/mol. The Hall–Kier alpha value is -1.06. The second kappa shape index (κ2) is 9.02. The van der Waals surface area contributed by atoms with Crippen LogP contribution in [0.3, 0.4) is 0 Å². The molecule has 1 N–H and O–H groups in total. The molecule has 0 saturated heterocycles. The lowest BCUT2D eigenvalue weighted by molar-refractivity contribution is -0.147. The molecule has 0 fully saturated rings. The molecule has 0 aliphatic rings. The summed E-state index contributed by atoms with van der Waals surface area (Å²) in [5, 5.41) is 2.71. The third kappa shape index (κ3) is 6.29. The number of carbonyl (C=O) groups is 2. The van der Waals surface area contributed by atoms with Crippen molar-refractivity contribution in [2.24, 2.45) is 5.92 Å². The molecule has 100 valence electrons. The molecule has 17 heavy (non-hydrogen) atoms. The zero-order valence-corrected chi connectivity index (χ0v) is 11.4. The Labute approximate surface area is 104 Å². The Morgan fingerprint density at radius 1 is 1.24 bits per heavy atom. The Kier molecular flexibility index (Phi) is 8.46. The summed E-state index contributed by atoms with van der Waals surface area (Å²) in [6.45, 7) is 7.85. The van der Waals surface area contributed by atoms with Crippen LogP contribution in [0.1, 0.15) is 53.4 Å². The van der Waals surface area contributed by atoms with Gasteiger partial charge in [-0.05, 0) is 26.7 Å². The van der Waals surface area contributed by atoms with Crippen molar-refractivity contribution >= 4 is 11.9 Å². The van der Waals surface area contributed by atoms with E-state index >= 15 is 0 Å². The number of esters is 1. The standard InChI is InChI=1S/C13H25NO3/c1-5-8-9-11(6-2)12(15)14-10(4)13(16)17-7-3/h10-11H,5-9H2,1-4H3,(H,14,15). The molecule has 0 aromatic carbocycles. The lowest BCUT2D eigenvalue weighted by Crippen LogP contribution is -2.42.